The Morgan fingerprint density at radius 1 is 1.24 bits per heavy atom. The van der Waals surface area contributed by atoms with Gasteiger partial charge in [-0.05, 0) is 50.9 Å². The van der Waals surface area contributed by atoms with E-state index in [0.29, 0.717) is 12.1 Å². The number of rotatable bonds is 6. The van der Waals surface area contributed by atoms with Crippen molar-refractivity contribution in [3.63, 3.8) is 0 Å². The van der Waals surface area contributed by atoms with Crippen LogP contribution < -0.4 is 5.32 Å². The van der Waals surface area contributed by atoms with E-state index >= 15 is 0 Å². The average Bonchev–Trinajstić information content (AvgIpc) is 3.14. The molecule has 0 radical (unpaired) electrons. The summed E-state index contributed by atoms with van der Waals surface area (Å²) >= 11 is 0. The minimum absolute atomic E-state index is 0.00925. The van der Waals surface area contributed by atoms with Gasteiger partial charge in [0.2, 0.25) is 0 Å². The summed E-state index contributed by atoms with van der Waals surface area (Å²) < 4.78 is 5.87. The Balaban J connectivity index is 1.56. The van der Waals surface area contributed by atoms with Gasteiger partial charge in [-0.15, -0.1) is 0 Å². The number of nitriles is 1. The highest BCUT2D eigenvalue weighted by Gasteiger charge is 2.24. The summed E-state index contributed by atoms with van der Waals surface area (Å²) in [5, 5.41) is 12.4. The molecule has 2 fully saturated rings. The van der Waals surface area contributed by atoms with Gasteiger partial charge in [0, 0.05) is 12.6 Å². The molecule has 1 N–H and O–H groups in total. The van der Waals surface area contributed by atoms with E-state index in [1.165, 1.54) is 38.5 Å². The Kier molecular flexibility index (Phi) is 4.82. The van der Waals surface area contributed by atoms with E-state index in [1.807, 2.05) is 0 Å². The summed E-state index contributed by atoms with van der Waals surface area (Å²) in [7, 11) is 0. The predicted molar refractivity (Wildman–Crippen MR) is 67.5 cm³/mol. The summed E-state index contributed by atoms with van der Waals surface area (Å²) in [5.74, 6) is 0.873. The first-order valence-electron chi connectivity index (χ1n) is 7.05. The lowest BCUT2D eigenvalue weighted by Crippen LogP contribution is -2.31. The molecule has 96 valence electrons. The van der Waals surface area contributed by atoms with Gasteiger partial charge in [-0.25, -0.2) is 0 Å². The third-order valence-electron chi connectivity index (χ3n) is 3.89. The lowest BCUT2D eigenvalue weighted by atomic mass is 9.89. The van der Waals surface area contributed by atoms with Crippen LogP contribution in [0.4, 0.5) is 0 Å². The minimum atomic E-state index is -0.00925. The van der Waals surface area contributed by atoms with Gasteiger partial charge >= 0.3 is 0 Å². The molecule has 0 heterocycles. The molecule has 0 aliphatic heterocycles. The number of hydrogen-bond donors (Lipinski definition) is 1. The normalized spacial score (nSPS) is 30.8. The molecular formula is C14H24N2O. The smallest absolute Gasteiger partial charge is 0.0977 e. The van der Waals surface area contributed by atoms with Crippen LogP contribution >= 0.6 is 0 Å². The lowest BCUT2D eigenvalue weighted by Gasteiger charge is -2.26. The Morgan fingerprint density at radius 3 is 2.53 bits per heavy atom. The Labute approximate surface area is 105 Å². The molecule has 3 heteroatoms. The molecule has 0 aromatic carbocycles. The topological polar surface area (TPSA) is 45.0 Å². The quantitative estimate of drug-likeness (QED) is 0.771. The van der Waals surface area contributed by atoms with Gasteiger partial charge in [0.1, 0.15) is 0 Å². The standard InChI is InChI=1S/C14H24N2O/c1-11-2-6-14(7-3-11)17-9-8-13(10-15)16-12-4-5-12/h11-14,16H,2-9H2,1H3. The van der Waals surface area contributed by atoms with Crippen LogP contribution in [0.2, 0.25) is 0 Å². The first-order valence-corrected chi connectivity index (χ1v) is 7.05. The van der Waals surface area contributed by atoms with Gasteiger partial charge in [0.05, 0.1) is 18.2 Å². The highest BCUT2D eigenvalue weighted by Crippen LogP contribution is 2.25. The van der Waals surface area contributed by atoms with Gasteiger partial charge in [0.15, 0.2) is 0 Å². The Bertz CT molecular complexity index is 262. The van der Waals surface area contributed by atoms with Crippen LogP contribution in [-0.2, 0) is 4.74 Å². The Hall–Kier alpha value is -0.590. The van der Waals surface area contributed by atoms with Gasteiger partial charge in [-0.2, -0.15) is 5.26 Å². The van der Waals surface area contributed by atoms with Gasteiger partial charge in [-0.3, -0.25) is 5.32 Å². The molecule has 0 amide bonds. The largest absolute Gasteiger partial charge is 0.378 e. The zero-order chi connectivity index (χ0) is 12.1. The molecule has 0 aromatic heterocycles. The molecule has 3 nitrogen and oxygen atoms in total. The van der Waals surface area contributed by atoms with Crippen molar-refractivity contribution in [2.24, 2.45) is 5.92 Å². The highest BCUT2D eigenvalue weighted by molar-refractivity contribution is 4.95. The molecule has 2 aliphatic rings. The maximum Gasteiger partial charge on any atom is 0.0977 e. The molecule has 17 heavy (non-hydrogen) atoms. The first-order chi connectivity index (χ1) is 8.28. The van der Waals surface area contributed by atoms with Crippen LogP contribution in [0.15, 0.2) is 0 Å². The molecule has 0 saturated heterocycles. The molecule has 2 aliphatic carbocycles. The van der Waals surface area contributed by atoms with E-state index in [1.54, 1.807) is 0 Å². The highest BCUT2D eigenvalue weighted by atomic mass is 16.5. The van der Waals surface area contributed by atoms with Gasteiger partial charge in [-0.1, -0.05) is 6.92 Å². The monoisotopic (exact) mass is 236 g/mol. The molecule has 0 spiro atoms. The van der Waals surface area contributed by atoms with Crippen molar-refractivity contribution in [3.05, 3.63) is 0 Å². The summed E-state index contributed by atoms with van der Waals surface area (Å²) in [6, 6.07) is 2.92. The van der Waals surface area contributed by atoms with Crippen molar-refractivity contribution in [3.8, 4) is 6.07 Å². The fraction of sp³-hybridized carbons (Fsp3) is 0.929. The number of nitrogens with zero attached hydrogens (tertiary/aromatic N) is 1. The molecule has 0 aromatic rings. The van der Waals surface area contributed by atoms with Crippen LogP contribution in [-0.4, -0.2) is 24.8 Å². The number of hydrogen-bond acceptors (Lipinski definition) is 3. The van der Waals surface area contributed by atoms with Crippen molar-refractivity contribution in [2.45, 2.75) is 70.1 Å². The Morgan fingerprint density at radius 2 is 1.94 bits per heavy atom. The molecular weight excluding hydrogens is 212 g/mol. The zero-order valence-electron chi connectivity index (χ0n) is 10.8. The van der Waals surface area contributed by atoms with E-state index in [4.69, 9.17) is 10.00 Å². The van der Waals surface area contributed by atoms with E-state index in [9.17, 15) is 0 Å². The zero-order valence-corrected chi connectivity index (χ0v) is 10.8. The summed E-state index contributed by atoms with van der Waals surface area (Å²) in [5.41, 5.74) is 0. The van der Waals surface area contributed by atoms with Crippen LogP contribution in [0, 0.1) is 17.2 Å². The summed E-state index contributed by atoms with van der Waals surface area (Å²) in [6.45, 7) is 3.05. The van der Waals surface area contributed by atoms with Crippen LogP contribution in [0.3, 0.4) is 0 Å². The summed E-state index contributed by atoms with van der Waals surface area (Å²) in [6.07, 6.45) is 8.76. The van der Waals surface area contributed by atoms with Crippen molar-refractivity contribution >= 4 is 0 Å². The van der Waals surface area contributed by atoms with Crippen LogP contribution in [0.1, 0.15) is 51.9 Å². The molecule has 2 saturated carbocycles. The number of ether oxygens (including phenoxy) is 1. The second-order valence-corrected chi connectivity index (χ2v) is 5.66. The predicted octanol–water partition coefficient (Wildman–Crippen LogP) is 2.62. The van der Waals surface area contributed by atoms with Crippen molar-refractivity contribution in [1.82, 2.24) is 5.32 Å². The maximum atomic E-state index is 9.01. The SMILES string of the molecule is CC1CCC(OCCC(C#N)NC2CC2)CC1. The van der Waals surface area contributed by atoms with Crippen LogP contribution in [0.25, 0.3) is 0 Å². The van der Waals surface area contributed by atoms with E-state index < -0.39 is 0 Å². The van der Waals surface area contributed by atoms with E-state index in [-0.39, 0.29) is 6.04 Å². The van der Waals surface area contributed by atoms with E-state index in [2.05, 4.69) is 18.3 Å². The third kappa shape index (κ3) is 4.65. The number of nitrogens with one attached hydrogen (secondary N) is 1. The van der Waals surface area contributed by atoms with Gasteiger partial charge < -0.3 is 4.74 Å². The van der Waals surface area contributed by atoms with Crippen molar-refractivity contribution in [2.75, 3.05) is 6.61 Å². The fourth-order valence-electron chi connectivity index (χ4n) is 2.47. The van der Waals surface area contributed by atoms with Gasteiger partial charge in [0.25, 0.3) is 0 Å². The van der Waals surface area contributed by atoms with Crippen molar-refractivity contribution in [1.29, 1.82) is 5.26 Å². The average molecular weight is 236 g/mol. The lowest BCUT2D eigenvalue weighted by molar-refractivity contribution is 0.0170. The minimum Gasteiger partial charge on any atom is -0.378 e. The first kappa shape index (κ1) is 12.9. The second kappa shape index (κ2) is 6.37. The fourth-order valence-corrected chi connectivity index (χ4v) is 2.47. The molecule has 2 rings (SSSR count). The molecule has 0 bridgehead atoms. The van der Waals surface area contributed by atoms with E-state index in [0.717, 1.165) is 18.9 Å². The summed E-state index contributed by atoms with van der Waals surface area (Å²) in [4.78, 5) is 0. The maximum absolute atomic E-state index is 9.01. The van der Waals surface area contributed by atoms with Crippen LogP contribution in [0.5, 0.6) is 0 Å². The molecule has 1 atom stereocenters. The third-order valence-corrected chi connectivity index (χ3v) is 3.89. The molecule has 1 unspecified atom stereocenters. The van der Waals surface area contributed by atoms with Crippen molar-refractivity contribution < 1.29 is 4.74 Å². The second-order valence-electron chi connectivity index (χ2n) is 5.66.